The van der Waals surface area contributed by atoms with Gasteiger partial charge in [0.05, 0.1) is 0 Å². The van der Waals surface area contributed by atoms with E-state index in [4.69, 9.17) is 15.9 Å². The molecule has 0 amide bonds. The Hall–Kier alpha value is 0.370. The van der Waals surface area contributed by atoms with Crippen molar-refractivity contribution in [3.8, 4) is 5.75 Å². The number of nitrogens with two attached hydrogens (primary N) is 1. The summed E-state index contributed by atoms with van der Waals surface area (Å²) in [4.78, 5) is 10.4. The number of phenolic OH excluding ortho intramolecular Hbond substituents is 1. The molecule has 0 aliphatic carbocycles. The number of hydrogen-bond acceptors (Lipinski definition) is 3. The minimum absolute atomic E-state index is 0. The van der Waals surface area contributed by atoms with E-state index in [-0.39, 0.29) is 85.1 Å². The maximum Gasteiger partial charge on any atom is 1.00 e. The minimum Gasteiger partial charge on any atom is -1.00 e. The Kier molecular flexibility index (Phi) is 19.6. The van der Waals surface area contributed by atoms with E-state index < -0.39 is 12.0 Å². The summed E-state index contributed by atoms with van der Waals surface area (Å²) in [5.74, 6) is -0.860. The second kappa shape index (κ2) is 12.8. The van der Waals surface area contributed by atoms with Gasteiger partial charge in [0.15, 0.2) is 0 Å². The molecule has 0 saturated carbocycles. The predicted octanol–water partition coefficient (Wildman–Crippen LogP) is -7.07. The van der Waals surface area contributed by atoms with E-state index in [0.29, 0.717) is 0 Å². The molecule has 8 heteroatoms. The van der Waals surface area contributed by atoms with Crippen LogP contribution in [0.5, 0.6) is 5.75 Å². The number of aliphatic carboxylic acids is 1. The quantitative estimate of drug-likeness (QED) is 0.466. The molecule has 90 valence electrons. The van der Waals surface area contributed by atoms with Crippen molar-refractivity contribution in [2.24, 2.45) is 5.73 Å². The van der Waals surface area contributed by atoms with Crippen LogP contribution in [0.1, 0.15) is 8.42 Å². The second-order valence-electron chi connectivity index (χ2n) is 2.82. The summed E-state index contributed by atoms with van der Waals surface area (Å²) in [6, 6.07) is 5.42. The average Bonchev–Trinajstić information content (AvgIpc) is 2.08. The zero-order valence-corrected chi connectivity index (χ0v) is 14.0. The molecule has 8 N–H and O–H groups in total. The number of benzene rings is 1. The van der Waals surface area contributed by atoms with Gasteiger partial charge in [0, 0.05) is 0 Å². The van der Waals surface area contributed by atoms with Gasteiger partial charge >= 0.3 is 65.1 Å². The SMILES string of the molecule is N[C@@H](Cc1ccc(O)cc1)C(=O)O.O.O.[H-].[H-].[Na+].[Na+]. The fourth-order valence-corrected chi connectivity index (χ4v) is 0.973. The van der Waals surface area contributed by atoms with Crippen molar-refractivity contribution in [3.05, 3.63) is 29.8 Å². The van der Waals surface area contributed by atoms with E-state index in [1.807, 2.05) is 0 Å². The van der Waals surface area contributed by atoms with Crippen LogP contribution in [0.2, 0.25) is 0 Å². The van der Waals surface area contributed by atoms with Crippen LogP contribution in [0.4, 0.5) is 0 Å². The van der Waals surface area contributed by atoms with Gasteiger partial charge in [-0.3, -0.25) is 4.79 Å². The molecule has 1 aromatic rings. The standard InChI is InChI=1S/C9H11NO3.2Na.2H2O.2H/c10-8(9(12)13)5-6-1-3-7(11)4-2-6;;;;;;/h1-4,8,11H,5,10H2,(H,12,13);;;2*1H2;;/q;2*+1;;;2*-1/t8-;;;;;;/m0....../s1. The van der Waals surface area contributed by atoms with Crippen LogP contribution in [0.3, 0.4) is 0 Å². The summed E-state index contributed by atoms with van der Waals surface area (Å²) in [6.07, 6.45) is 0.273. The summed E-state index contributed by atoms with van der Waals surface area (Å²) >= 11 is 0. The smallest absolute Gasteiger partial charge is 1.00 e. The molecule has 1 rings (SSSR count). The van der Waals surface area contributed by atoms with Gasteiger partial charge in [-0.1, -0.05) is 12.1 Å². The number of hydrogen-bond donors (Lipinski definition) is 3. The van der Waals surface area contributed by atoms with Crippen LogP contribution < -0.4 is 64.8 Å². The van der Waals surface area contributed by atoms with Crippen LogP contribution in [0.25, 0.3) is 0 Å². The minimum atomic E-state index is -1.02. The van der Waals surface area contributed by atoms with Gasteiger partial charge in [-0.25, -0.2) is 0 Å². The average molecular weight is 265 g/mol. The molecule has 1 aromatic carbocycles. The number of aromatic hydroxyl groups is 1. The predicted molar refractivity (Wildman–Crippen MR) is 56.9 cm³/mol. The van der Waals surface area contributed by atoms with E-state index in [2.05, 4.69) is 0 Å². The van der Waals surface area contributed by atoms with Crippen molar-refractivity contribution in [3.63, 3.8) is 0 Å². The van der Waals surface area contributed by atoms with Gasteiger partial charge in [-0.2, -0.15) is 0 Å². The Labute approximate surface area is 146 Å². The Morgan fingerprint density at radius 2 is 1.65 bits per heavy atom. The van der Waals surface area contributed by atoms with E-state index in [1.54, 1.807) is 12.1 Å². The Bertz CT molecular complexity index is 316. The summed E-state index contributed by atoms with van der Waals surface area (Å²) in [5, 5.41) is 17.5. The molecule has 0 heterocycles. The topological polar surface area (TPSA) is 147 Å². The third-order valence-corrected chi connectivity index (χ3v) is 1.71. The van der Waals surface area contributed by atoms with Crippen molar-refractivity contribution >= 4 is 5.97 Å². The van der Waals surface area contributed by atoms with E-state index in [9.17, 15) is 4.79 Å². The molecule has 0 radical (unpaired) electrons. The molecule has 0 spiro atoms. The Balaban J connectivity index is -0.0000000704. The van der Waals surface area contributed by atoms with Crippen LogP contribution in [0, 0.1) is 0 Å². The molecule has 0 aliphatic heterocycles. The molecule has 0 saturated heterocycles. The third kappa shape index (κ3) is 10.0. The largest absolute Gasteiger partial charge is 1.00 e. The number of rotatable bonds is 3. The molecule has 0 fully saturated rings. The summed E-state index contributed by atoms with van der Waals surface area (Å²) < 4.78 is 0. The third-order valence-electron chi connectivity index (χ3n) is 1.71. The molecule has 0 aromatic heterocycles. The fraction of sp³-hybridized carbons (Fsp3) is 0.222. The van der Waals surface area contributed by atoms with Gasteiger partial charge in [-0.05, 0) is 24.1 Å². The van der Waals surface area contributed by atoms with Crippen molar-refractivity contribution in [2.45, 2.75) is 12.5 Å². The molecule has 6 nitrogen and oxygen atoms in total. The van der Waals surface area contributed by atoms with Gasteiger partial charge in [0.1, 0.15) is 11.8 Å². The van der Waals surface area contributed by atoms with Crippen LogP contribution in [-0.2, 0) is 11.2 Å². The maximum atomic E-state index is 10.4. The normalized spacial score (nSPS) is 9.47. The summed E-state index contributed by atoms with van der Waals surface area (Å²) in [7, 11) is 0. The first-order chi connectivity index (χ1) is 6.09. The molecule has 0 bridgehead atoms. The maximum absolute atomic E-state index is 10.4. The van der Waals surface area contributed by atoms with E-state index in [0.717, 1.165) is 5.56 Å². The molecular formula is C9H17NNa2O5. The first kappa shape index (κ1) is 26.0. The van der Waals surface area contributed by atoms with Gasteiger partial charge in [0.25, 0.3) is 0 Å². The van der Waals surface area contributed by atoms with Crippen LogP contribution >= 0.6 is 0 Å². The van der Waals surface area contributed by atoms with Crippen molar-refractivity contribution in [2.75, 3.05) is 0 Å². The zero-order valence-electron chi connectivity index (χ0n) is 12.0. The Morgan fingerprint density at radius 3 is 2.00 bits per heavy atom. The summed E-state index contributed by atoms with van der Waals surface area (Å²) in [5.41, 5.74) is 6.12. The van der Waals surface area contributed by atoms with Gasteiger partial charge < -0.3 is 29.8 Å². The molecular weight excluding hydrogens is 248 g/mol. The Morgan fingerprint density at radius 1 is 1.24 bits per heavy atom. The number of carboxylic acids is 1. The monoisotopic (exact) mass is 265 g/mol. The number of carboxylic acid groups (broad SMARTS) is 1. The number of phenols is 1. The van der Waals surface area contributed by atoms with Crippen molar-refractivity contribution in [1.82, 2.24) is 0 Å². The fourth-order valence-electron chi connectivity index (χ4n) is 0.973. The molecule has 17 heavy (non-hydrogen) atoms. The van der Waals surface area contributed by atoms with Crippen LogP contribution in [-0.4, -0.2) is 33.2 Å². The summed E-state index contributed by atoms with van der Waals surface area (Å²) in [6.45, 7) is 0. The van der Waals surface area contributed by atoms with Crippen molar-refractivity contribution in [1.29, 1.82) is 0 Å². The molecule has 0 aliphatic rings. The van der Waals surface area contributed by atoms with Crippen molar-refractivity contribution < 1.29 is 87.9 Å². The zero-order chi connectivity index (χ0) is 9.84. The van der Waals surface area contributed by atoms with E-state index >= 15 is 0 Å². The first-order valence-corrected chi connectivity index (χ1v) is 3.86. The van der Waals surface area contributed by atoms with E-state index in [1.165, 1.54) is 12.1 Å². The number of carbonyl (C=O) groups is 1. The molecule has 0 unspecified atom stereocenters. The second-order valence-corrected chi connectivity index (χ2v) is 2.82. The van der Waals surface area contributed by atoms with Gasteiger partial charge in [-0.15, -0.1) is 0 Å². The molecule has 1 atom stereocenters. The first-order valence-electron chi connectivity index (χ1n) is 3.86. The van der Waals surface area contributed by atoms with Crippen LogP contribution in [0.15, 0.2) is 24.3 Å². The van der Waals surface area contributed by atoms with Gasteiger partial charge in [0.2, 0.25) is 0 Å².